The summed E-state index contributed by atoms with van der Waals surface area (Å²) in [4.78, 5) is 26.3. The number of benzene rings is 2. The molecular formula is C28H34O10. The summed E-state index contributed by atoms with van der Waals surface area (Å²) < 4.78 is 43.1. The third-order valence-corrected chi connectivity index (χ3v) is 5.28. The summed E-state index contributed by atoms with van der Waals surface area (Å²) in [7, 11) is 8.88. The van der Waals surface area contributed by atoms with Crippen molar-refractivity contribution in [2.24, 2.45) is 0 Å². The van der Waals surface area contributed by atoms with Gasteiger partial charge >= 0.3 is 11.9 Å². The molecule has 0 fully saturated rings. The fourth-order valence-electron chi connectivity index (χ4n) is 3.61. The van der Waals surface area contributed by atoms with Gasteiger partial charge in [-0.05, 0) is 61.4 Å². The average molecular weight is 531 g/mol. The number of methoxy groups -OCH3 is 6. The van der Waals surface area contributed by atoms with E-state index in [1.165, 1.54) is 54.8 Å². The van der Waals surface area contributed by atoms with Crippen molar-refractivity contribution in [1.29, 1.82) is 0 Å². The maximum atomic E-state index is 13.2. The molecule has 0 atom stereocenters. The van der Waals surface area contributed by atoms with Crippen LogP contribution in [0.5, 0.6) is 34.5 Å². The molecule has 2 aromatic carbocycles. The van der Waals surface area contributed by atoms with Gasteiger partial charge in [-0.1, -0.05) is 0 Å². The Morgan fingerprint density at radius 1 is 0.553 bits per heavy atom. The first kappa shape index (κ1) is 29.9. The molecule has 10 heteroatoms. The van der Waals surface area contributed by atoms with Crippen LogP contribution in [0.4, 0.5) is 0 Å². The van der Waals surface area contributed by atoms with Gasteiger partial charge in [-0.15, -0.1) is 0 Å². The van der Waals surface area contributed by atoms with E-state index in [4.69, 9.17) is 37.9 Å². The van der Waals surface area contributed by atoms with Gasteiger partial charge in [-0.25, -0.2) is 9.59 Å². The van der Waals surface area contributed by atoms with Gasteiger partial charge < -0.3 is 37.9 Å². The van der Waals surface area contributed by atoms with Crippen LogP contribution in [0.15, 0.2) is 35.4 Å². The largest absolute Gasteiger partial charge is 0.493 e. The molecule has 38 heavy (non-hydrogen) atoms. The van der Waals surface area contributed by atoms with E-state index in [0.29, 0.717) is 45.6 Å². The van der Waals surface area contributed by atoms with E-state index in [2.05, 4.69) is 0 Å². The maximum Gasteiger partial charge on any atom is 0.339 e. The summed E-state index contributed by atoms with van der Waals surface area (Å²) in [6, 6.07) is 6.57. The van der Waals surface area contributed by atoms with Crippen LogP contribution in [-0.2, 0) is 19.1 Å². The number of carbonyl (C=O) groups is 2. The normalized spacial score (nSPS) is 11.4. The van der Waals surface area contributed by atoms with Crippen molar-refractivity contribution in [3.63, 3.8) is 0 Å². The summed E-state index contributed by atoms with van der Waals surface area (Å²) >= 11 is 0. The Balaban J connectivity index is 2.87. The van der Waals surface area contributed by atoms with Crippen LogP contribution in [0, 0.1) is 0 Å². The third kappa shape index (κ3) is 6.90. The summed E-state index contributed by atoms with van der Waals surface area (Å²) in [5.74, 6) is 0.772. The molecule has 0 aliphatic carbocycles. The predicted octanol–water partition coefficient (Wildman–Crippen LogP) is 4.33. The topological polar surface area (TPSA) is 108 Å². The molecule has 0 spiro atoms. The minimum atomic E-state index is -0.729. The van der Waals surface area contributed by atoms with Gasteiger partial charge in [0, 0.05) is 0 Å². The van der Waals surface area contributed by atoms with Gasteiger partial charge in [0.1, 0.15) is 0 Å². The lowest BCUT2D eigenvalue weighted by molar-refractivity contribution is -0.141. The number of hydrogen-bond acceptors (Lipinski definition) is 10. The van der Waals surface area contributed by atoms with Gasteiger partial charge in [0.25, 0.3) is 0 Å². The van der Waals surface area contributed by atoms with Crippen LogP contribution in [0.3, 0.4) is 0 Å². The molecule has 0 aliphatic heterocycles. The van der Waals surface area contributed by atoms with Crippen molar-refractivity contribution < 1.29 is 47.5 Å². The van der Waals surface area contributed by atoms with Crippen molar-refractivity contribution >= 4 is 24.1 Å². The molecule has 2 rings (SSSR count). The maximum absolute atomic E-state index is 13.2. The first-order valence-electron chi connectivity index (χ1n) is 11.7. The van der Waals surface area contributed by atoms with E-state index in [-0.39, 0.29) is 24.4 Å². The van der Waals surface area contributed by atoms with E-state index in [9.17, 15) is 9.59 Å². The Hall–Kier alpha value is -4.34. The quantitative estimate of drug-likeness (QED) is 0.211. The standard InChI is InChI=1S/C28H34O10/c1-9-37-27(29)19(11-17-13-21(31-3)25(35-7)22(14-17)32-4)20(28(30)38-10-2)12-18-15-23(33-5)26(36-8)24(16-18)34-6/h11-16H,9-10H2,1-8H3/b19-11-,20-12+. The van der Waals surface area contributed by atoms with Crippen LogP contribution in [0.2, 0.25) is 0 Å². The summed E-state index contributed by atoms with van der Waals surface area (Å²) in [6.07, 6.45) is 2.98. The molecular weight excluding hydrogens is 496 g/mol. The number of hydrogen-bond donors (Lipinski definition) is 0. The SMILES string of the molecule is CCOC(=O)C(=C\c1cc(OC)c(OC)c(OC)c1)/C(=C\c1cc(OC)c(OC)c(OC)c1)C(=O)OCC. The van der Waals surface area contributed by atoms with E-state index >= 15 is 0 Å². The molecule has 0 N–H and O–H groups in total. The molecule has 2 aromatic rings. The minimum absolute atomic E-state index is 0.0478. The van der Waals surface area contributed by atoms with Gasteiger partial charge in [-0.3, -0.25) is 0 Å². The van der Waals surface area contributed by atoms with Crippen molar-refractivity contribution in [3.05, 3.63) is 46.5 Å². The number of ether oxygens (including phenoxy) is 8. The van der Waals surface area contributed by atoms with Crippen LogP contribution >= 0.6 is 0 Å². The van der Waals surface area contributed by atoms with E-state index in [0.717, 1.165) is 0 Å². The van der Waals surface area contributed by atoms with Crippen LogP contribution < -0.4 is 28.4 Å². The number of carbonyl (C=O) groups excluding carboxylic acids is 2. The molecule has 0 unspecified atom stereocenters. The molecule has 206 valence electrons. The predicted molar refractivity (Wildman–Crippen MR) is 141 cm³/mol. The second-order valence-electron chi connectivity index (χ2n) is 7.47. The first-order valence-corrected chi connectivity index (χ1v) is 11.7. The van der Waals surface area contributed by atoms with Gasteiger partial charge in [0.2, 0.25) is 11.5 Å². The van der Waals surface area contributed by atoms with Gasteiger partial charge in [0.15, 0.2) is 23.0 Å². The minimum Gasteiger partial charge on any atom is -0.493 e. The first-order chi connectivity index (χ1) is 18.3. The summed E-state index contributed by atoms with van der Waals surface area (Å²) in [5, 5.41) is 0. The highest BCUT2D eigenvalue weighted by Crippen LogP contribution is 2.40. The van der Waals surface area contributed by atoms with Crippen LogP contribution in [-0.4, -0.2) is 67.8 Å². The second kappa shape index (κ2) is 14.4. The molecule has 0 radical (unpaired) electrons. The molecule has 10 nitrogen and oxygen atoms in total. The highest BCUT2D eigenvalue weighted by molar-refractivity contribution is 6.12. The summed E-state index contributed by atoms with van der Waals surface area (Å²) in [5.41, 5.74) is 0.881. The fourth-order valence-corrected chi connectivity index (χ4v) is 3.61. The smallest absolute Gasteiger partial charge is 0.339 e. The highest BCUT2D eigenvalue weighted by atomic mass is 16.5. The molecule has 0 saturated heterocycles. The van der Waals surface area contributed by atoms with Crippen molar-refractivity contribution in [3.8, 4) is 34.5 Å². The Bertz CT molecular complexity index is 1050. The lowest BCUT2D eigenvalue weighted by Crippen LogP contribution is -2.17. The molecule has 0 saturated carbocycles. The van der Waals surface area contributed by atoms with Gasteiger partial charge in [-0.2, -0.15) is 0 Å². The Labute approximate surface area is 222 Å². The third-order valence-electron chi connectivity index (χ3n) is 5.28. The van der Waals surface area contributed by atoms with E-state index < -0.39 is 11.9 Å². The molecule has 0 amide bonds. The highest BCUT2D eigenvalue weighted by Gasteiger charge is 2.25. The molecule has 0 aliphatic rings. The Kier molecular flexibility index (Phi) is 11.3. The zero-order valence-corrected chi connectivity index (χ0v) is 23.0. The lowest BCUT2D eigenvalue weighted by Gasteiger charge is -2.15. The monoisotopic (exact) mass is 530 g/mol. The van der Waals surface area contributed by atoms with Crippen molar-refractivity contribution in [2.75, 3.05) is 55.9 Å². The van der Waals surface area contributed by atoms with E-state index in [1.807, 2.05) is 0 Å². The summed E-state index contributed by atoms with van der Waals surface area (Å²) in [6.45, 7) is 3.52. The van der Waals surface area contributed by atoms with E-state index in [1.54, 1.807) is 38.1 Å². The van der Waals surface area contributed by atoms with Crippen molar-refractivity contribution in [1.82, 2.24) is 0 Å². The van der Waals surface area contributed by atoms with Crippen molar-refractivity contribution in [2.45, 2.75) is 13.8 Å². The Morgan fingerprint density at radius 2 is 0.842 bits per heavy atom. The Morgan fingerprint density at radius 3 is 1.05 bits per heavy atom. The van der Waals surface area contributed by atoms with Gasteiger partial charge in [0.05, 0.1) is 67.0 Å². The van der Waals surface area contributed by atoms with Crippen LogP contribution in [0.25, 0.3) is 12.2 Å². The molecule has 0 heterocycles. The lowest BCUT2D eigenvalue weighted by atomic mass is 9.99. The molecule has 0 bridgehead atoms. The second-order valence-corrected chi connectivity index (χ2v) is 7.47. The average Bonchev–Trinajstić information content (AvgIpc) is 2.93. The zero-order valence-electron chi connectivity index (χ0n) is 23.0. The zero-order chi connectivity index (χ0) is 28.2. The fraction of sp³-hybridized carbons (Fsp3) is 0.357. The van der Waals surface area contributed by atoms with Crippen LogP contribution in [0.1, 0.15) is 25.0 Å². The number of rotatable bonds is 13. The molecule has 0 aromatic heterocycles. The number of esters is 2.